The molecule has 4 nitrogen and oxygen atoms in total. The lowest BCUT2D eigenvalue weighted by Gasteiger charge is -2.08. The summed E-state index contributed by atoms with van der Waals surface area (Å²) in [7, 11) is 0. The first-order chi connectivity index (χ1) is 9.60. The lowest BCUT2D eigenvalue weighted by atomic mass is 10.1. The molecule has 0 spiro atoms. The van der Waals surface area contributed by atoms with Crippen molar-refractivity contribution in [2.45, 2.75) is 6.61 Å². The Hall–Kier alpha value is -1.91. The monoisotopic (exact) mass is 310 g/mol. The summed E-state index contributed by atoms with van der Waals surface area (Å²) in [6.07, 6.45) is 0. The summed E-state index contributed by atoms with van der Waals surface area (Å²) < 4.78 is 5.61. The Morgan fingerprint density at radius 2 is 1.95 bits per heavy atom. The molecule has 0 heterocycles. The normalized spacial score (nSPS) is 11.4. The second kappa shape index (κ2) is 6.50. The van der Waals surface area contributed by atoms with Crippen molar-refractivity contribution in [1.82, 2.24) is 0 Å². The van der Waals surface area contributed by atoms with E-state index >= 15 is 0 Å². The Bertz CT molecular complexity index is 645. The van der Waals surface area contributed by atoms with Crippen LogP contribution in [0.1, 0.15) is 11.1 Å². The molecule has 0 aromatic heterocycles. The zero-order chi connectivity index (χ0) is 14.5. The highest BCUT2D eigenvalue weighted by Crippen LogP contribution is 2.26. The predicted octanol–water partition coefficient (Wildman–Crippen LogP) is 3.67. The summed E-state index contributed by atoms with van der Waals surface area (Å²) in [5, 5.41) is 12.5. The molecule has 2 rings (SSSR count). The minimum absolute atomic E-state index is 0.0568. The minimum atomic E-state index is 0.0568. The van der Waals surface area contributed by atoms with Crippen LogP contribution in [0.4, 0.5) is 0 Å². The minimum Gasteiger partial charge on any atom is -0.489 e. The molecule has 2 aromatic carbocycles. The summed E-state index contributed by atoms with van der Waals surface area (Å²) in [6, 6.07) is 12.3. The summed E-state index contributed by atoms with van der Waals surface area (Å²) in [4.78, 5) is 0. The largest absolute Gasteiger partial charge is 0.489 e. The first-order valence-electron chi connectivity index (χ1n) is 5.75. The molecule has 0 aliphatic rings. The predicted molar refractivity (Wildman–Crippen MR) is 79.7 cm³/mol. The number of oxime groups is 1. The van der Waals surface area contributed by atoms with Gasteiger partial charge in [0.1, 0.15) is 12.4 Å². The Balaban J connectivity index is 2.09. The molecular weight excluding hydrogens is 299 g/mol. The zero-order valence-electron chi connectivity index (χ0n) is 10.4. The van der Waals surface area contributed by atoms with Crippen molar-refractivity contribution < 1.29 is 9.94 Å². The van der Waals surface area contributed by atoms with Gasteiger partial charge in [-0.1, -0.05) is 46.6 Å². The van der Waals surface area contributed by atoms with Crippen molar-refractivity contribution in [2.75, 3.05) is 0 Å². The van der Waals surface area contributed by atoms with E-state index in [9.17, 15) is 0 Å². The highest BCUT2D eigenvalue weighted by molar-refractivity contribution is 6.42. The van der Waals surface area contributed by atoms with Gasteiger partial charge in [-0.3, -0.25) is 0 Å². The van der Waals surface area contributed by atoms with Crippen molar-refractivity contribution in [3.05, 3.63) is 63.6 Å². The molecule has 0 atom stereocenters. The first kappa shape index (κ1) is 14.5. The molecule has 0 aliphatic heterocycles. The molecule has 0 aliphatic carbocycles. The number of hydrogen-bond acceptors (Lipinski definition) is 3. The van der Waals surface area contributed by atoms with Gasteiger partial charge in [0.05, 0.1) is 10.0 Å². The molecule has 0 amide bonds. The van der Waals surface area contributed by atoms with E-state index in [0.717, 1.165) is 5.56 Å². The van der Waals surface area contributed by atoms with E-state index in [4.69, 9.17) is 38.9 Å². The Labute approximate surface area is 126 Å². The molecule has 0 fully saturated rings. The van der Waals surface area contributed by atoms with Gasteiger partial charge in [-0.25, -0.2) is 0 Å². The highest BCUT2D eigenvalue weighted by Gasteiger charge is 2.03. The maximum absolute atomic E-state index is 8.65. The fourth-order valence-electron chi connectivity index (χ4n) is 1.61. The summed E-state index contributed by atoms with van der Waals surface area (Å²) >= 11 is 11.7. The number of benzene rings is 2. The number of nitrogens with zero attached hydrogens (tertiary/aromatic N) is 1. The van der Waals surface area contributed by atoms with E-state index in [1.807, 2.05) is 6.07 Å². The van der Waals surface area contributed by atoms with Gasteiger partial charge in [0, 0.05) is 11.6 Å². The van der Waals surface area contributed by atoms with Crippen LogP contribution in [0.5, 0.6) is 5.75 Å². The Kier molecular flexibility index (Phi) is 4.71. The van der Waals surface area contributed by atoms with Crippen LogP contribution < -0.4 is 10.5 Å². The third-order valence-electron chi connectivity index (χ3n) is 2.63. The van der Waals surface area contributed by atoms with Gasteiger partial charge in [-0.2, -0.15) is 0 Å². The molecule has 2 aromatic rings. The van der Waals surface area contributed by atoms with Crippen molar-refractivity contribution >= 4 is 29.0 Å². The van der Waals surface area contributed by atoms with E-state index in [0.29, 0.717) is 28.0 Å². The number of halogens is 2. The van der Waals surface area contributed by atoms with Crippen LogP contribution in [0.25, 0.3) is 0 Å². The van der Waals surface area contributed by atoms with Gasteiger partial charge >= 0.3 is 0 Å². The van der Waals surface area contributed by atoms with Gasteiger partial charge in [-0.15, -0.1) is 0 Å². The molecule has 20 heavy (non-hydrogen) atoms. The molecule has 0 saturated heterocycles. The fraction of sp³-hybridized carbons (Fsp3) is 0.0714. The van der Waals surface area contributed by atoms with Crippen LogP contribution in [0.2, 0.25) is 10.0 Å². The van der Waals surface area contributed by atoms with Gasteiger partial charge in [0.2, 0.25) is 0 Å². The standard InChI is InChI=1S/C14H12Cl2N2O2/c15-12-5-4-11(7-13(12)16)20-8-9-2-1-3-10(6-9)14(17)18-19/h1-7,19H,8H2,(H2,17,18). The summed E-state index contributed by atoms with van der Waals surface area (Å²) in [5.41, 5.74) is 7.05. The molecule has 0 bridgehead atoms. The van der Waals surface area contributed by atoms with Gasteiger partial charge < -0.3 is 15.7 Å². The Morgan fingerprint density at radius 3 is 2.65 bits per heavy atom. The third kappa shape index (κ3) is 3.56. The second-order valence-electron chi connectivity index (χ2n) is 4.05. The fourth-order valence-corrected chi connectivity index (χ4v) is 1.90. The maximum Gasteiger partial charge on any atom is 0.170 e. The third-order valence-corrected chi connectivity index (χ3v) is 3.37. The van der Waals surface area contributed by atoms with Crippen LogP contribution in [-0.2, 0) is 6.61 Å². The number of ether oxygens (including phenoxy) is 1. The van der Waals surface area contributed by atoms with Gasteiger partial charge in [-0.05, 0) is 23.8 Å². The highest BCUT2D eigenvalue weighted by atomic mass is 35.5. The molecule has 104 valence electrons. The molecule has 6 heteroatoms. The quantitative estimate of drug-likeness (QED) is 0.392. The van der Waals surface area contributed by atoms with E-state index in [-0.39, 0.29) is 5.84 Å². The molecular formula is C14H12Cl2N2O2. The van der Waals surface area contributed by atoms with Crippen molar-refractivity contribution in [3.8, 4) is 5.75 Å². The number of amidine groups is 1. The molecule has 3 N–H and O–H groups in total. The number of hydrogen-bond donors (Lipinski definition) is 2. The van der Waals surface area contributed by atoms with Crippen LogP contribution in [0, 0.1) is 0 Å². The molecule has 0 radical (unpaired) electrons. The summed E-state index contributed by atoms with van der Waals surface area (Å²) in [5.74, 6) is 0.676. The van der Waals surface area contributed by atoms with Crippen LogP contribution >= 0.6 is 23.2 Å². The van der Waals surface area contributed by atoms with Crippen molar-refractivity contribution in [2.24, 2.45) is 10.9 Å². The van der Waals surface area contributed by atoms with Crippen LogP contribution in [-0.4, -0.2) is 11.0 Å². The lowest BCUT2D eigenvalue weighted by molar-refractivity contribution is 0.306. The van der Waals surface area contributed by atoms with Crippen molar-refractivity contribution in [3.63, 3.8) is 0 Å². The van der Waals surface area contributed by atoms with Crippen molar-refractivity contribution in [1.29, 1.82) is 0 Å². The average Bonchev–Trinajstić information content (AvgIpc) is 2.48. The zero-order valence-corrected chi connectivity index (χ0v) is 11.9. The maximum atomic E-state index is 8.65. The van der Waals surface area contributed by atoms with Crippen LogP contribution in [0.15, 0.2) is 47.6 Å². The number of nitrogens with two attached hydrogens (primary N) is 1. The average molecular weight is 311 g/mol. The Morgan fingerprint density at radius 1 is 1.15 bits per heavy atom. The number of rotatable bonds is 4. The van der Waals surface area contributed by atoms with Gasteiger partial charge in [0.15, 0.2) is 5.84 Å². The van der Waals surface area contributed by atoms with E-state index in [1.54, 1.807) is 36.4 Å². The summed E-state index contributed by atoms with van der Waals surface area (Å²) in [6.45, 7) is 0.338. The SMILES string of the molecule is N/C(=N\O)c1cccc(COc2ccc(Cl)c(Cl)c2)c1. The van der Waals surface area contributed by atoms with E-state index in [1.165, 1.54) is 0 Å². The topological polar surface area (TPSA) is 67.8 Å². The van der Waals surface area contributed by atoms with E-state index < -0.39 is 0 Å². The molecule has 0 unspecified atom stereocenters. The second-order valence-corrected chi connectivity index (χ2v) is 4.86. The van der Waals surface area contributed by atoms with Gasteiger partial charge in [0.25, 0.3) is 0 Å². The lowest BCUT2D eigenvalue weighted by Crippen LogP contribution is -2.13. The smallest absolute Gasteiger partial charge is 0.170 e. The first-order valence-corrected chi connectivity index (χ1v) is 6.50. The van der Waals surface area contributed by atoms with E-state index in [2.05, 4.69) is 5.16 Å². The van der Waals surface area contributed by atoms with Crippen LogP contribution in [0.3, 0.4) is 0 Å². The molecule has 0 saturated carbocycles.